The Hall–Kier alpha value is -2.11. The van der Waals surface area contributed by atoms with Gasteiger partial charge in [-0.2, -0.15) is 0 Å². The molecule has 0 saturated carbocycles. The second kappa shape index (κ2) is 7.47. The average Bonchev–Trinajstić information content (AvgIpc) is 2.41. The van der Waals surface area contributed by atoms with Crippen molar-refractivity contribution < 1.29 is 9.59 Å². The molecule has 1 unspecified atom stereocenters. The highest BCUT2D eigenvalue weighted by Crippen LogP contribution is 2.09. The molecule has 0 aliphatic rings. The first-order valence-electron chi connectivity index (χ1n) is 6.75. The molecule has 0 fully saturated rings. The molecule has 0 bridgehead atoms. The maximum atomic E-state index is 12.1. The van der Waals surface area contributed by atoms with Gasteiger partial charge in [0, 0.05) is 18.4 Å². The van der Waals surface area contributed by atoms with Gasteiger partial charge in [-0.05, 0) is 24.5 Å². The monoisotopic (exact) mass is 278 g/mol. The Labute approximate surface area is 119 Å². The fourth-order valence-corrected chi connectivity index (χ4v) is 1.72. The molecule has 1 rings (SSSR count). The molecule has 0 radical (unpaired) electrons. The number of primary amides is 1. The molecule has 1 heterocycles. The Morgan fingerprint density at radius 3 is 2.65 bits per heavy atom. The Balaban J connectivity index is 2.78. The summed E-state index contributed by atoms with van der Waals surface area (Å²) < 4.78 is 0. The molecule has 2 amide bonds. The number of rotatable bonds is 7. The minimum absolute atomic E-state index is 0.0714. The summed E-state index contributed by atoms with van der Waals surface area (Å²) in [6.07, 6.45) is 2.54. The number of nitrogens with two attached hydrogens (primary N) is 1. The zero-order chi connectivity index (χ0) is 15.1. The van der Waals surface area contributed by atoms with Crippen molar-refractivity contribution in [1.82, 2.24) is 10.3 Å². The van der Waals surface area contributed by atoms with Crippen molar-refractivity contribution in [1.29, 1.82) is 0 Å². The van der Waals surface area contributed by atoms with Crippen molar-refractivity contribution in [3.8, 4) is 0 Å². The van der Waals surface area contributed by atoms with Gasteiger partial charge in [0.1, 0.15) is 11.7 Å². The zero-order valence-corrected chi connectivity index (χ0v) is 12.1. The van der Waals surface area contributed by atoms with Gasteiger partial charge in [0.05, 0.1) is 0 Å². The van der Waals surface area contributed by atoms with Crippen molar-refractivity contribution in [2.75, 3.05) is 11.9 Å². The highest BCUT2D eigenvalue weighted by Gasteiger charge is 2.22. The topological polar surface area (TPSA) is 97.1 Å². The van der Waals surface area contributed by atoms with Crippen molar-refractivity contribution in [3.05, 3.63) is 24.0 Å². The summed E-state index contributed by atoms with van der Waals surface area (Å²) in [7, 11) is 0. The lowest BCUT2D eigenvalue weighted by Crippen LogP contribution is -2.47. The number of aromatic nitrogens is 1. The van der Waals surface area contributed by atoms with Crippen molar-refractivity contribution in [2.45, 2.75) is 33.2 Å². The molecule has 1 aromatic heterocycles. The van der Waals surface area contributed by atoms with Crippen LogP contribution in [0.2, 0.25) is 0 Å². The van der Waals surface area contributed by atoms with E-state index in [-0.39, 0.29) is 11.6 Å². The number of amides is 2. The maximum Gasteiger partial charge on any atom is 0.270 e. The third-order valence-electron chi connectivity index (χ3n) is 2.83. The summed E-state index contributed by atoms with van der Waals surface area (Å²) in [5.74, 6) is -1.02. The van der Waals surface area contributed by atoms with E-state index in [2.05, 4.69) is 22.5 Å². The number of pyridine rings is 1. The van der Waals surface area contributed by atoms with E-state index >= 15 is 0 Å². The summed E-state index contributed by atoms with van der Waals surface area (Å²) >= 11 is 0. The first kappa shape index (κ1) is 15.9. The third kappa shape index (κ3) is 4.53. The van der Waals surface area contributed by atoms with E-state index in [0.717, 1.165) is 18.7 Å². The van der Waals surface area contributed by atoms with Crippen LogP contribution in [0.25, 0.3) is 0 Å². The Morgan fingerprint density at radius 1 is 1.40 bits per heavy atom. The number of carbonyl (C=O) groups excluding carboxylic acids is 2. The molecular formula is C14H22N4O2. The second-order valence-corrected chi connectivity index (χ2v) is 4.95. The van der Waals surface area contributed by atoms with Crippen LogP contribution in [0, 0.1) is 5.92 Å². The summed E-state index contributed by atoms with van der Waals surface area (Å²) in [5.41, 5.74) is 6.36. The number of hydrogen-bond donors (Lipinski definition) is 3. The van der Waals surface area contributed by atoms with Gasteiger partial charge in [-0.1, -0.05) is 20.8 Å². The van der Waals surface area contributed by atoms with E-state index in [0.29, 0.717) is 0 Å². The van der Waals surface area contributed by atoms with Gasteiger partial charge >= 0.3 is 0 Å². The van der Waals surface area contributed by atoms with Crippen molar-refractivity contribution in [3.63, 3.8) is 0 Å². The largest absolute Gasteiger partial charge is 0.385 e. The minimum atomic E-state index is -0.698. The van der Waals surface area contributed by atoms with Gasteiger partial charge in [-0.3, -0.25) is 14.6 Å². The highest BCUT2D eigenvalue weighted by molar-refractivity contribution is 5.96. The molecule has 110 valence electrons. The highest BCUT2D eigenvalue weighted by atomic mass is 16.2. The smallest absolute Gasteiger partial charge is 0.270 e. The molecular weight excluding hydrogens is 256 g/mol. The number of anilines is 1. The quantitative estimate of drug-likeness (QED) is 0.696. The van der Waals surface area contributed by atoms with E-state index in [1.54, 1.807) is 18.3 Å². The van der Waals surface area contributed by atoms with Gasteiger partial charge in [0.25, 0.3) is 5.91 Å². The van der Waals surface area contributed by atoms with Crippen molar-refractivity contribution in [2.24, 2.45) is 11.7 Å². The van der Waals surface area contributed by atoms with Crippen molar-refractivity contribution >= 4 is 17.5 Å². The van der Waals surface area contributed by atoms with Gasteiger partial charge in [-0.15, -0.1) is 0 Å². The van der Waals surface area contributed by atoms with Gasteiger partial charge in [0.15, 0.2) is 0 Å². The standard InChI is InChI=1S/C14H22N4O2/c1-4-6-16-10-5-7-17-11(8-10)14(20)18-12(9(2)3)13(15)19/h5,7-9,12H,4,6H2,1-3H3,(H2,15,19)(H,16,17)(H,18,20). The van der Waals surface area contributed by atoms with Crippen LogP contribution in [-0.4, -0.2) is 29.4 Å². The second-order valence-electron chi connectivity index (χ2n) is 4.95. The van der Waals surface area contributed by atoms with Gasteiger partial charge in [0.2, 0.25) is 5.91 Å². The van der Waals surface area contributed by atoms with Crippen LogP contribution in [0.4, 0.5) is 5.69 Å². The fourth-order valence-electron chi connectivity index (χ4n) is 1.72. The zero-order valence-electron chi connectivity index (χ0n) is 12.1. The molecule has 4 N–H and O–H groups in total. The molecule has 0 aromatic carbocycles. The summed E-state index contributed by atoms with van der Waals surface area (Å²) in [4.78, 5) is 27.4. The number of carbonyl (C=O) groups is 2. The number of hydrogen-bond acceptors (Lipinski definition) is 4. The first-order valence-corrected chi connectivity index (χ1v) is 6.75. The van der Waals surface area contributed by atoms with Gasteiger partial charge in [-0.25, -0.2) is 0 Å². The molecule has 0 spiro atoms. The SMILES string of the molecule is CCCNc1ccnc(C(=O)NC(C(N)=O)C(C)C)c1. The predicted molar refractivity (Wildman–Crippen MR) is 78.3 cm³/mol. The van der Waals surface area contributed by atoms with Crippen LogP contribution in [0.1, 0.15) is 37.7 Å². The number of nitrogens with zero attached hydrogens (tertiary/aromatic N) is 1. The number of nitrogens with one attached hydrogen (secondary N) is 2. The first-order chi connectivity index (χ1) is 9.45. The molecule has 6 nitrogen and oxygen atoms in total. The van der Waals surface area contributed by atoms with E-state index in [4.69, 9.17) is 5.73 Å². The van der Waals surface area contributed by atoms with Crippen LogP contribution >= 0.6 is 0 Å². The molecule has 0 aliphatic carbocycles. The molecule has 20 heavy (non-hydrogen) atoms. The molecule has 1 aromatic rings. The summed E-state index contributed by atoms with van der Waals surface area (Å²) in [5, 5.41) is 5.79. The van der Waals surface area contributed by atoms with Gasteiger partial charge < -0.3 is 16.4 Å². The molecule has 6 heteroatoms. The normalized spacial score (nSPS) is 12.0. The lowest BCUT2D eigenvalue weighted by atomic mass is 10.0. The van der Waals surface area contributed by atoms with E-state index in [9.17, 15) is 9.59 Å². The Bertz CT molecular complexity index is 474. The van der Waals surface area contributed by atoms with E-state index < -0.39 is 17.9 Å². The third-order valence-corrected chi connectivity index (χ3v) is 2.83. The lowest BCUT2D eigenvalue weighted by Gasteiger charge is -2.18. The van der Waals surface area contributed by atoms with Crippen LogP contribution < -0.4 is 16.4 Å². The van der Waals surface area contributed by atoms with Crippen LogP contribution in [0.15, 0.2) is 18.3 Å². The van der Waals surface area contributed by atoms with Crippen LogP contribution in [0.5, 0.6) is 0 Å². The predicted octanol–water partition coefficient (Wildman–Crippen LogP) is 1.14. The van der Waals surface area contributed by atoms with Crippen LogP contribution in [-0.2, 0) is 4.79 Å². The summed E-state index contributed by atoms with van der Waals surface area (Å²) in [6.45, 7) is 6.52. The Morgan fingerprint density at radius 2 is 2.10 bits per heavy atom. The molecule has 1 atom stereocenters. The van der Waals surface area contributed by atoms with E-state index in [1.807, 2.05) is 13.8 Å². The van der Waals surface area contributed by atoms with Crippen LogP contribution in [0.3, 0.4) is 0 Å². The van der Waals surface area contributed by atoms with E-state index in [1.165, 1.54) is 0 Å². The minimum Gasteiger partial charge on any atom is -0.385 e. The fraction of sp³-hybridized carbons (Fsp3) is 0.500. The lowest BCUT2D eigenvalue weighted by molar-refractivity contribution is -0.120. The maximum absolute atomic E-state index is 12.1. The molecule has 0 saturated heterocycles. The Kier molecular flexibility index (Phi) is 5.96. The summed E-state index contributed by atoms with van der Waals surface area (Å²) in [6, 6.07) is 2.75. The molecule has 0 aliphatic heterocycles. The average molecular weight is 278 g/mol.